The number of aryl methyl sites for hydroxylation is 2. The SMILES string of the molecule is Cc1ccc(-c2ccc3c(c2)c2cc4c(cc2n3-c2ccccc2)-c2ccc3c5cc(-c6ccc(C)cc6)ccc5n(-c5ccccc5)c3c2C(C)C4C)cc1. The molecular formula is C54H42N2. The summed E-state index contributed by atoms with van der Waals surface area (Å²) in [6.07, 6.45) is 0. The normalized spacial score (nSPS) is 15.1. The lowest BCUT2D eigenvalue weighted by Crippen LogP contribution is -2.15. The monoisotopic (exact) mass is 718 g/mol. The number of hydrogen-bond acceptors (Lipinski definition) is 0. The molecule has 268 valence electrons. The maximum atomic E-state index is 2.53. The molecule has 2 nitrogen and oxygen atoms in total. The smallest absolute Gasteiger partial charge is 0.0582 e. The van der Waals surface area contributed by atoms with Gasteiger partial charge in [0.25, 0.3) is 0 Å². The lowest BCUT2D eigenvalue weighted by atomic mass is 9.72. The number of benzene rings is 8. The molecule has 0 radical (unpaired) electrons. The number of para-hydroxylation sites is 2. The molecule has 2 aromatic heterocycles. The van der Waals surface area contributed by atoms with Crippen LogP contribution in [-0.2, 0) is 0 Å². The molecule has 0 bridgehead atoms. The van der Waals surface area contributed by atoms with Crippen LogP contribution in [0.15, 0.2) is 170 Å². The third-order valence-corrected chi connectivity index (χ3v) is 12.7. The maximum Gasteiger partial charge on any atom is 0.0582 e. The van der Waals surface area contributed by atoms with Crippen molar-refractivity contribution in [1.82, 2.24) is 9.13 Å². The summed E-state index contributed by atoms with van der Waals surface area (Å²) < 4.78 is 5.00. The zero-order valence-electron chi connectivity index (χ0n) is 32.2. The Bertz CT molecular complexity index is 3090. The Morgan fingerprint density at radius 2 is 0.875 bits per heavy atom. The van der Waals surface area contributed by atoms with Gasteiger partial charge in [0.05, 0.1) is 22.1 Å². The van der Waals surface area contributed by atoms with E-state index >= 15 is 0 Å². The molecule has 8 aromatic carbocycles. The maximum absolute atomic E-state index is 2.53. The summed E-state index contributed by atoms with van der Waals surface area (Å²) in [6, 6.07) is 63.5. The zero-order valence-corrected chi connectivity index (χ0v) is 32.2. The molecule has 0 saturated heterocycles. The van der Waals surface area contributed by atoms with Gasteiger partial charge >= 0.3 is 0 Å². The van der Waals surface area contributed by atoms with Crippen molar-refractivity contribution in [3.05, 3.63) is 192 Å². The minimum Gasteiger partial charge on any atom is -0.309 e. The van der Waals surface area contributed by atoms with Crippen molar-refractivity contribution in [2.75, 3.05) is 0 Å². The van der Waals surface area contributed by atoms with Gasteiger partial charge in [-0.15, -0.1) is 0 Å². The fourth-order valence-corrected chi connectivity index (χ4v) is 9.59. The van der Waals surface area contributed by atoms with Crippen LogP contribution >= 0.6 is 0 Å². The van der Waals surface area contributed by atoms with E-state index in [1.807, 2.05) is 0 Å². The van der Waals surface area contributed by atoms with Gasteiger partial charge in [0.2, 0.25) is 0 Å². The molecule has 0 saturated carbocycles. The summed E-state index contributed by atoms with van der Waals surface area (Å²) in [6.45, 7) is 9.19. The second-order valence-electron chi connectivity index (χ2n) is 16.0. The van der Waals surface area contributed by atoms with Crippen LogP contribution in [0.1, 0.15) is 47.9 Å². The van der Waals surface area contributed by atoms with Crippen molar-refractivity contribution in [3.8, 4) is 44.8 Å². The van der Waals surface area contributed by atoms with Crippen LogP contribution in [0.5, 0.6) is 0 Å². The molecule has 11 rings (SSSR count). The Balaban J connectivity index is 1.20. The average Bonchev–Trinajstić information content (AvgIpc) is 3.75. The molecule has 10 aromatic rings. The lowest BCUT2D eigenvalue weighted by Gasteiger charge is -2.33. The molecule has 2 heterocycles. The molecule has 0 amide bonds. The standard InChI is InChI=1S/C54H42N2/c1-33-15-19-37(20-16-33)39-24-28-51-47(29-39)44-26-25-43-46-32-52-49(31-45(46)35(3)36(4)53(43)54(44)56(51)42-13-9-6-10-14-42)48-30-40(38-21-17-34(2)18-22-38)23-27-50(48)55(52)41-11-7-5-8-12-41/h5-32,35-36H,1-4H3. The quantitative estimate of drug-likeness (QED) is 0.171. The molecule has 0 aliphatic heterocycles. The number of aromatic nitrogens is 2. The number of nitrogens with zero attached hydrogens (tertiary/aromatic N) is 2. The predicted octanol–water partition coefficient (Wildman–Crippen LogP) is 14.7. The van der Waals surface area contributed by atoms with Gasteiger partial charge in [-0.05, 0) is 131 Å². The Kier molecular flexibility index (Phi) is 7.28. The molecular weight excluding hydrogens is 677 g/mol. The van der Waals surface area contributed by atoms with E-state index in [2.05, 4.69) is 207 Å². The summed E-state index contributed by atoms with van der Waals surface area (Å²) in [5, 5.41) is 5.20. The van der Waals surface area contributed by atoms with Crippen molar-refractivity contribution in [2.45, 2.75) is 39.5 Å². The van der Waals surface area contributed by atoms with E-state index < -0.39 is 0 Å². The minimum atomic E-state index is 0.299. The van der Waals surface area contributed by atoms with Gasteiger partial charge in [-0.1, -0.05) is 134 Å². The van der Waals surface area contributed by atoms with Crippen LogP contribution in [-0.4, -0.2) is 9.13 Å². The molecule has 2 atom stereocenters. The molecule has 0 fully saturated rings. The topological polar surface area (TPSA) is 9.86 Å². The highest BCUT2D eigenvalue weighted by atomic mass is 15.0. The van der Waals surface area contributed by atoms with E-state index in [1.54, 1.807) is 0 Å². The van der Waals surface area contributed by atoms with Crippen LogP contribution in [0.4, 0.5) is 0 Å². The van der Waals surface area contributed by atoms with Crippen LogP contribution in [0, 0.1) is 13.8 Å². The van der Waals surface area contributed by atoms with Gasteiger partial charge in [0.15, 0.2) is 0 Å². The van der Waals surface area contributed by atoms with Gasteiger partial charge in [0.1, 0.15) is 0 Å². The van der Waals surface area contributed by atoms with E-state index in [9.17, 15) is 0 Å². The fourth-order valence-electron chi connectivity index (χ4n) is 9.59. The summed E-state index contributed by atoms with van der Waals surface area (Å²) >= 11 is 0. The Morgan fingerprint density at radius 3 is 1.46 bits per heavy atom. The van der Waals surface area contributed by atoms with Gasteiger partial charge < -0.3 is 9.13 Å². The summed E-state index contributed by atoms with van der Waals surface area (Å²) in [5.74, 6) is 0.612. The van der Waals surface area contributed by atoms with Crippen LogP contribution in [0.3, 0.4) is 0 Å². The van der Waals surface area contributed by atoms with Gasteiger partial charge in [-0.3, -0.25) is 0 Å². The highest BCUT2D eigenvalue weighted by Crippen LogP contribution is 2.53. The largest absolute Gasteiger partial charge is 0.309 e. The number of rotatable bonds is 4. The van der Waals surface area contributed by atoms with E-state index in [0.29, 0.717) is 11.8 Å². The Morgan fingerprint density at radius 1 is 0.375 bits per heavy atom. The first-order chi connectivity index (χ1) is 27.4. The van der Waals surface area contributed by atoms with Crippen LogP contribution < -0.4 is 0 Å². The van der Waals surface area contributed by atoms with Crippen molar-refractivity contribution >= 4 is 43.6 Å². The zero-order chi connectivity index (χ0) is 37.7. The summed E-state index contributed by atoms with van der Waals surface area (Å²) in [4.78, 5) is 0. The van der Waals surface area contributed by atoms with E-state index in [1.165, 1.54) is 111 Å². The van der Waals surface area contributed by atoms with Crippen molar-refractivity contribution in [2.24, 2.45) is 0 Å². The summed E-state index contributed by atoms with van der Waals surface area (Å²) in [7, 11) is 0. The van der Waals surface area contributed by atoms with Gasteiger partial charge in [-0.25, -0.2) is 0 Å². The first-order valence-electron chi connectivity index (χ1n) is 19.9. The Labute approximate surface area is 327 Å². The molecule has 2 unspecified atom stereocenters. The van der Waals surface area contributed by atoms with E-state index in [-0.39, 0.29) is 0 Å². The molecule has 1 aliphatic rings. The molecule has 2 heteroatoms. The molecule has 0 spiro atoms. The first-order valence-corrected chi connectivity index (χ1v) is 19.9. The number of hydrogen-bond donors (Lipinski definition) is 0. The minimum absolute atomic E-state index is 0.299. The van der Waals surface area contributed by atoms with Crippen molar-refractivity contribution in [1.29, 1.82) is 0 Å². The van der Waals surface area contributed by atoms with Gasteiger partial charge in [-0.2, -0.15) is 0 Å². The second-order valence-corrected chi connectivity index (χ2v) is 16.0. The Hall–Kier alpha value is -6.64. The van der Waals surface area contributed by atoms with Gasteiger partial charge in [0, 0.05) is 32.9 Å². The van der Waals surface area contributed by atoms with Crippen LogP contribution in [0.2, 0.25) is 0 Å². The van der Waals surface area contributed by atoms with Crippen molar-refractivity contribution < 1.29 is 0 Å². The molecule has 0 N–H and O–H groups in total. The molecule has 56 heavy (non-hydrogen) atoms. The third-order valence-electron chi connectivity index (χ3n) is 12.7. The van der Waals surface area contributed by atoms with E-state index in [4.69, 9.17) is 0 Å². The predicted molar refractivity (Wildman–Crippen MR) is 238 cm³/mol. The average molecular weight is 719 g/mol. The van der Waals surface area contributed by atoms with Crippen LogP contribution in [0.25, 0.3) is 88.4 Å². The second kappa shape index (κ2) is 12.4. The first kappa shape index (κ1) is 32.8. The van der Waals surface area contributed by atoms with E-state index in [0.717, 1.165) is 0 Å². The third kappa shape index (κ3) is 4.88. The lowest BCUT2D eigenvalue weighted by molar-refractivity contribution is 0.619. The summed E-state index contributed by atoms with van der Waals surface area (Å²) in [5.41, 5.74) is 20.5. The highest BCUT2D eigenvalue weighted by molar-refractivity contribution is 6.15. The molecule has 1 aliphatic carbocycles. The highest BCUT2D eigenvalue weighted by Gasteiger charge is 2.33. The number of fused-ring (bicyclic) bond motifs is 10. The van der Waals surface area contributed by atoms with Crippen molar-refractivity contribution in [3.63, 3.8) is 0 Å². The fraction of sp³-hybridized carbons (Fsp3) is 0.111.